The monoisotopic (exact) mass is 229 g/mol. The Morgan fingerprint density at radius 2 is 2.12 bits per heavy atom. The van der Waals surface area contributed by atoms with Gasteiger partial charge in [-0.2, -0.15) is 0 Å². The van der Waals surface area contributed by atoms with Gasteiger partial charge in [0.05, 0.1) is 5.60 Å². The van der Waals surface area contributed by atoms with Crippen LogP contribution in [0.4, 0.5) is 0 Å². The van der Waals surface area contributed by atoms with Gasteiger partial charge in [0.2, 0.25) is 5.91 Å². The molecule has 0 spiro atoms. The molecule has 0 saturated carbocycles. The van der Waals surface area contributed by atoms with Gasteiger partial charge in [-0.15, -0.1) is 0 Å². The number of hydrogen-bond acceptors (Lipinski definition) is 4. The molecule has 0 aromatic heterocycles. The molecule has 0 radical (unpaired) electrons. The fourth-order valence-corrected chi connectivity index (χ4v) is 2.08. The van der Waals surface area contributed by atoms with Crippen molar-refractivity contribution in [3.05, 3.63) is 0 Å². The second kappa shape index (κ2) is 5.12. The molecule has 0 unspecified atom stereocenters. The number of ether oxygens (including phenoxy) is 2. The number of carbonyl (C=O) groups is 1. The summed E-state index contributed by atoms with van der Waals surface area (Å²) in [4.78, 5) is 11.7. The molecule has 0 bridgehead atoms. The highest BCUT2D eigenvalue weighted by molar-refractivity contribution is 5.81. The SMILES string of the molecule is O=C(NCC1(O)CCOCC1)[C@H]1CCCO1. The Kier molecular flexibility index (Phi) is 3.78. The number of aliphatic hydroxyl groups is 1. The lowest BCUT2D eigenvalue weighted by Gasteiger charge is -2.32. The van der Waals surface area contributed by atoms with Gasteiger partial charge in [0, 0.05) is 39.2 Å². The Bertz CT molecular complexity index is 244. The van der Waals surface area contributed by atoms with Crippen molar-refractivity contribution in [1.82, 2.24) is 5.32 Å². The summed E-state index contributed by atoms with van der Waals surface area (Å²) < 4.78 is 10.4. The molecule has 0 aliphatic carbocycles. The number of hydrogen-bond donors (Lipinski definition) is 2. The van der Waals surface area contributed by atoms with Crippen LogP contribution in [0.5, 0.6) is 0 Å². The first-order valence-corrected chi connectivity index (χ1v) is 5.89. The van der Waals surface area contributed by atoms with Gasteiger partial charge in [0.25, 0.3) is 0 Å². The number of carbonyl (C=O) groups excluding carboxylic acids is 1. The molecule has 1 atom stereocenters. The van der Waals surface area contributed by atoms with E-state index in [1.807, 2.05) is 0 Å². The van der Waals surface area contributed by atoms with Gasteiger partial charge in [0.15, 0.2) is 0 Å². The van der Waals surface area contributed by atoms with Crippen molar-refractivity contribution in [3.8, 4) is 0 Å². The smallest absolute Gasteiger partial charge is 0.249 e. The van der Waals surface area contributed by atoms with Gasteiger partial charge in [-0.05, 0) is 12.8 Å². The van der Waals surface area contributed by atoms with Gasteiger partial charge in [-0.25, -0.2) is 0 Å². The first-order valence-electron chi connectivity index (χ1n) is 5.89. The minimum Gasteiger partial charge on any atom is -0.388 e. The molecule has 0 aromatic rings. The summed E-state index contributed by atoms with van der Waals surface area (Å²) in [7, 11) is 0. The van der Waals surface area contributed by atoms with Crippen LogP contribution < -0.4 is 5.32 Å². The normalized spacial score (nSPS) is 28.9. The Morgan fingerprint density at radius 1 is 1.38 bits per heavy atom. The zero-order chi connectivity index (χ0) is 11.4. The summed E-state index contributed by atoms with van der Waals surface area (Å²) in [5.41, 5.74) is -0.799. The van der Waals surface area contributed by atoms with Crippen molar-refractivity contribution in [3.63, 3.8) is 0 Å². The molecule has 2 aliphatic rings. The van der Waals surface area contributed by atoms with Crippen molar-refractivity contribution in [1.29, 1.82) is 0 Å². The third-order valence-electron chi connectivity index (χ3n) is 3.24. The molecular formula is C11H19NO4. The van der Waals surface area contributed by atoms with Crippen LogP contribution in [0.2, 0.25) is 0 Å². The molecule has 16 heavy (non-hydrogen) atoms. The predicted octanol–water partition coefficient (Wildman–Crippen LogP) is -0.177. The maximum absolute atomic E-state index is 11.7. The van der Waals surface area contributed by atoms with E-state index in [2.05, 4.69) is 5.32 Å². The molecule has 5 heteroatoms. The van der Waals surface area contributed by atoms with Crippen LogP contribution in [-0.4, -0.2) is 49.1 Å². The van der Waals surface area contributed by atoms with E-state index in [1.165, 1.54) is 0 Å². The van der Waals surface area contributed by atoms with Crippen LogP contribution >= 0.6 is 0 Å². The van der Waals surface area contributed by atoms with Crippen LogP contribution in [0.1, 0.15) is 25.7 Å². The Labute approximate surface area is 95.1 Å². The standard InChI is InChI=1S/C11H19NO4/c13-10(9-2-1-5-16-9)12-8-11(14)3-6-15-7-4-11/h9,14H,1-8H2,(H,12,13)/t9-/m1/s1. The summed E-state index contributed by atoms with van der Waals surface area (Å²) in [6, 6.07) is 0. The molecule has 2 saturated heterocycles. The van der Waals surface area contributed by atoms with Crippen molar-refractivity contribution in [2.75, 3.05) is 26.4 Å². The molecular weight excluding hydrogens is 210 g/mol. The van der Waals surface area contributed by atoms with E-state index in [0.717, 1.165) is 12.8 Å². The van der Waals surface area contributed by atoms with E-state index in [-0.39, 0.29) is 12.0 Å². The van der Waals surface area contributed by atoms with Crippen LogP contribution in [0.15, 0.2) is 0 Å². The Hall–Kier alpha value is -0.650. The lowest BCUT2D eigenvalue weighted by molar-refractivity contribution is -0.132. The molecule has 92 valence electrons. The fourth-order valence-electron chi connectivity index (χ4n) is 2.08. The highest BCUT2D eigenvalue weighted by atomic mass is 16.5. The minimum absolute atomic E-state index is 0.0996. The minimum atomic E-state index is -0.799. The maximum Gasteiger partial charge on any atom is 0.249 e. The number of nitrogens with one attached hydrogen (secondary N) is 1. The van der Waals surface area contributed by atoms with E-state index in [4.69, 9.17) is 9.47 Å². The molecule has 2 heterocycles. The van der Waals surface area contributed by atoms with Crippen LogP contribution in [0.3, 0.4) is 0 Å². The highest BCUT2D eigenvalue weighted by Crippen LogP contribution is 2.19. The fraction of sp³-hybridized carbons (Fsp3) is 0.909. The van der Waals surface area contributed by atoms with Crippen molar-refractivity contribution in [2.24, 2.45) is 0 Å². The van der Waals surface area contributed by atoms with E-state index in [9.17, 15) is 9.90 Å². The van der Waals surface area contributed by atoms with Crippen molar-refractivity contribution in [2.45, 2.75) is 37.4 Å². The Morgan fingerprint density at radius 3 is 2.75 bits per heavy atom. The predicted molar refractivity (Wildman–Crippen MR) is 57.0 cm³/mol. The number of amides is 1. The summed E-state index contributed by atoms with van der Waals surface area (Å²) in [5.74, 6) is -0.0996. The Balaban J connectivity index is 1.75. The van der Waals surface area contributed by atoms with Gasteiger partial charge in [-0.1, -0.05) is 0 Å². The quantitative estimate of drug-likeness (QED) is 0.704. The van der Waals surface area contributed by atoms with Gasteiger partial charge < -0.3 is 19.9 Å². The summed E-state index contributed by atoms with van der Waals surface area (Å²) in [6.07, 6.45) is 2.57. The molecule has 2 aliphatic heterocycles. The number of rotatable bonds is 3. The van der Waals surface area contributed by atoms with E-state index >= 15 is 0 Å². The lowest BCUT2D eigenvalue weighted by Crippen LogP contribution is -2.48. The van der Waals surface area contributed by atoms with Gasteiger partial charge in [-0.3, -0.25) is 4.79 Å². The van der Waals surface area contributed by atoms with Crippen molar-refractivity contribution >= 4 is 5.91 Å². The van der Waals surface area contributed by atoms with Crippen LogP contribution in [-0.2, 0) is 14.3 Å². The summed E-state index contributed by atoms with van der Waals surface area (Å²) in [5, 5.41) is 12.9. The van der Waals surface area contributed by atoms with E-state index < -0.39 is 5.60 Å². The third-order valence-corrected chi connectivity index (χ3v) is 3.24. The molecule has 2 N–H and O–H groups in total. The molecule has 5 nitrogen and oxygen atoms in total. The zero-order valence-corrected chi connectivity index (χ0v) is 9.41. The molecule has 2 rings (SSSR count). The highest BCUT2D eigenvalue weighted by Gasteiger charge is 2.31. The zero-order valence-electron chi connectivity index (χ0n) is 9.41. The third kappa shape index (κ3) is 2.93. The largest absolute Gasteiger partial charge is 0.388 e. The summed E-state index contributed by atoms with van der Waals surface area (Å²) >= 11 is 0. The second-order valence-electron chi connectivity index (χ2n) is 4.56. The first-order chi connectivity index (χ1) is 7.70. The maximum atomic E-state index is 11.7. The molecule has 1 amide bonds. The molecule has 2 fully saturated rings. The van der Waals surface area contributed by atoms with Crippen LogP contribution in [0, 0.1) is 0 Å². The van der Waals surface area contributed by atoms with Crippen LogP contribution in [0.25, 0.3) is 0 Å². The molecule has 0 aromatic carbocycles. The topological polar surface area (TPSA) is 67.8 Å². The lowest BCUT2D eigenvalue weighted by atomic mass is 9.94. The summed E-state index contributed by atoms with van der Waals surface area (Å²) in [6.45, 7) is 2.09. The van der Waals surface area contributed by atoms with Crippen molar-refractivity contribution < 1.29 is 19.4 Å². The van der Waals surface area contributed by atoms with E-state index in [0.29, 0.717) is 39.2 Å². The van der Waals surface area contributed by atoms with Gasteiger partial charge in [0.1, 0.15) is 6.10 Å². The average molecular weight is 229 g/mol. The average Bonchev–Trinajstić information content (AvgIpc) is 2.80. The second-order valence-corrected chi connectivity index (χ2v) is 4.56. The van der Waals surface area contributed by atoms with Gasteiger partial charge >= 0.3 is 0 Å². The first kappa shape index (κ1) is 11.8. The van der Waals surface area contributed by atoms with E-state index in [1.54, 1.807) is 0 Å².